The molecular weight excluding hydrogens is 418 g/mol. The van der Waals surface area contributed by atoms with E-state index in [1.807, 2.05) is 57.2 Å². The summed E-state index contributed by atoms with van der Waals surface area (Å²) in [5.74, 6) is 0.170. The summed E-state index contributed by atoms with van der Waals surface area (Å²) in [6.45, 7) is 6.03. The number of nitrogens with one attached hydrogen (secondary N) is 1. The van der Waals surface area contributed by atoms with Crippen LogP contribution < -0.4 is 5.32 Å². The molecule has 0 saturated carbocycles. The summed E-state index contributed by atoms with van der Waals surface area (Å²) < 4.78 is 1.70. The first-order valence-electron chi connectivity index (χ1n) is 10.5. The summed E-state index contributed by atoms with van der Waals surface area (Å²) in [4.78, 5) is 12.6. The molecule has 7 heteroatoms. The highest BCUT2D eigenvalue weighted by Gasteiger charge is 2.16. The van der Waals surface area contributed by atoms with Crippen LogP contribution in [0.5, 0.6) is 0 Å². The highest BCUT2D eigenvalue weighted by atomic mass is 32.2. The molecule has 1 atom stereocenters. The van der Waals surface area contributed by atoms with Gasteiger partial charge >= 0.3 is 0 Å². The van der Waals surface area contributed by atoms with E-state index in [0.29, 0.717) is 5.16 Å². The molecule has 1 heterocycles. The fourth-order valence-corrected chi connectivity index (χ4v) is 4.33. The Morgan fingerprint density at radius 2 is 1.59 bits per heavy atom. The molecule has 3 aromatic carbocycles. The maximum Gasteiger partial charge on any atom is 0.230 e. The molecule has 0 spiro atoms. The van der Waals surface area contributed by atoms with Crippen LogP contribution in [-0.2, 0) is 4.79 Å². The van der Waals surface area contributed by atoms with Gasteiger partial charge in [0.1, 0.15) is 0 Å². The average molecular weight is 444 g/mol. The second-order valence-corrected chi connectivity index (χ2v) is 8.62. The molecule has 1 aromatic heterocycles. The zero-order valence-electron chi connectivity index (χ0n) is 18.3. The Morgan fingerprint density at radius 1 is 0.938 bits per heavy atom. The lowest BCUT2D eigenvalue weighted by molar-refractivity contribution is -0.119. The Morgan fingerprint density at radius 3 is 2.28 bits per heavy atom. The molecule has 6 nitrogen and oxygen atoms in total. The second-order valence-electron chi connectivity index (χ2n) is 7.68. The number of hydrogen-bond acceptors (Lipinski definition) is 5. The Bertz CT molecular complexity index is 1180. The highest BCUT2D eigenvalue weighted by molar-refractivity contribution is 7.99. The molecule has 0 aliphatic rings. The lowest BCUT2D eigenvalue weighted by Crippen LogP contribution is -2.28. The van der Waals surface area contributed by atoms with E-state index >= 15 is 0 Å². The number of nitrogens with zero attached hydrogens (tertiary/aromatic N) is 4. The lowest BCUT2D eigenvalue weighted by atomic mass is 10.0. The van der Waals surface area contributed by atoms with Gasteiger partial charge in [0, 0.05) is 0 Å². The molecule has 4 aromatic rings. The second kappa shape index (κ2) is 9.78. The summed E-state index contributed by atoms with van der Waals surface area (Å²) in [5, 5.41) is 15.7. The van der Waals surface area contributed by atoms with Crippen LogP contribution in [0.1, 0.15) is 29.7 Å². The smallest absolute Gasteiger partial charge is 0.230 e. The molecule has 0 unspecified atom stereocenters. The van der Waals surface area contributed by atoms with Crippen molar-refractivity contribution in [3.63, 3.8) is 0 Å². The predicted molar refractivity (Wildman–Crippen MR) is 128 cm³/mol. The maximum absolute atomic E-state index is 12.6. The fraction of sp³-hybridized carbons (Fsp3) is 0.200. The van der Waals surface area contributed by atoms with Gasteiger partial charge in [0.2, 0.25) is 11.1 Å². The van der Waals surface area contributed by atoms with E-state index in [-0.39, 0.29) is 17.7 Å². The summed E-state index contributed by atoms with van der Waals surface area (Å²) in [7, 11) is 0. The summed E-state index contributed by atoms with van der Waals surface area (Å²) in [6, 6.07) is 24.5. The minimum Gasteiger partial charge on any atom is -0.349 e. The third kappa shape index (κ3) is 4.89. The normalized spacial score (nSPS) is 11.8. The minimum absolute atomic E-state index is 0.0642. The molecule has 0 fully saturated rings. The fourth-order valence-electron chi connectivity index (χ4n) is 3.64. The number of thioether (sulfide) groups is 1. The third-order valence-corrected chi connectivity index (χ3v) is 6.24. The predicted octanol–water partition coefficient (Wildman–Crippen LogP) is 4.92. The topological polar surface area (TPSA) is 72.7 Å². The van der Waals surface area contributed by atoms with Crippen molar-refractivity contribution < 1.29 is 4.79 Å². The first-order valence-corrected chi connectivity index (χ1v) is 11.4. The van der Waals surface area contributed by atoms with Crippen molar-refractivity contribution >= 4 is 17.7 Å². The summed E-state index contributed by atoms with van der Waals surface area (Å²) >= 11 is 1.33. The number of benzene rings is 3. The zero-order chi connectivity index (χ0) is 22.5. The quantitative estimate of drug-likeness (QED) is 0.411. The number of carbonyl (C=O) groups excluding carboxylic acids is 1. The van der Waals surface area contributed by atoms with Crippen LogP contribution in [0.4, 0.5) is 0 Å². The van der Waals surface area contributed by atoms with Gasteiger partial charge in [-0.2, -0.15) is 4.68 Å². The first-order chi connectivity index (χ1) is 15.5. The van der Waals surface area contributed by atoms with E-state index < -0.39 is 0 Å². The largest absolute Gasteiger partial charge is 0.349 e. The summed E-state index contributed by atoms with van der Waals surface area (Å²) in [6.07, 6.45) is 0. The minimum atomic E-state index is -0.0949. The monoisotopic (exact) mass is 443 g/mol. The van der Waals surface area contributed by atoms with Crippen molar-refractivity contribution in [2.75, 3.05) is 5.75 Å². The Hall–Kier alpha value is -3.45. The van der Waals surface area contributed by atoms with Gasteiger partial charge in [-0.05, 0) is 59.0 Å². The van der Waals surface area contributed by atoms with Gasteiger partial charge in [-0.3, -0.25) is 4.79 Å². The van der Waals surface area contributed by atoms with Crippen LogP contribution in [0.15, 0.2) is 78.0 Å². The number of carbonyl (C=O) groups is 1. The molecule has 0 bridgehead atoms. The third-order valence-electron chi connectivity index (χ3n) is 5.32. The molecule has 32 heavy (non-hydrogen) atoms. The average Bonchev–Trinajstić information content (AvgIpc) is 3.26. The van der Waals surface area contributed by atoms with E-state index in [0.717, 1.165) is 27.9 Å². The van der Waals surface area contributed by atoms with Gasteiger partial charge in [0.05, 0.1) is 17.5 Å². The summed E-state index contributed by atoms with van der Waals surface area (Å²) in [5.41, 5.74) is 6.50. The van der Waals surface area contributed by atoms with Crippen LogP contribution >= 0.6 is 11.8 Å². The van der Waals surface area contributed by atoms with Crippen molar-refractivity contribution in [2.45, 2.75) is 32.0 Å². The molecule has 4 rings (SSSR count). The molecule has 162 valence electrons. The van der Waals surface area contributed by atoms with Crippen LogP contribution in [-0.4, -0.2) is 31.9 Å². The van der Waals surface area contributed by atoms with Crippen molar-refractivity contribution in [1.82, 2.24) is 25.5 Å². The van der Waals surface area contributed by atoms with Crippen molar-refractivity contribution in [2.24, 2.45) is 0 Å². The van der Waals surface area contributed by atoms with Crippen LogP contribution in [0.2, 0.25) is 0 Å². The van der Waals surface area contributed by atoms with E-state index in [9.17, 15) is 4.79 Å². The van der Waals surface area contributed by atoms with Gasteiger partial charge in [-0.1, -0.05) is 84.6 Å². The number of hydrogen-bond donors (Lipinski definition) is 1. The number of amides is 1. The van der Waals surface area contributed by atoms with Gasteiger partial charge in [0.25, 0.3) is 0 Å². The molecule has 0 aliphatic heterocycles. The van der Waals surface area contributed by atoms with E-state index in [4.69, 9.17) is 0 Å². The lowest BCUT2D eigenvalue weighted by Gasteiger charge is -2.15. The number of aryl methyl sites for hydroxylation is 2. The van der Waals surface area contributed by atoms with Crippen LogP contribution in [0.25, 0.3) is 16.8 Å². The van der Waals surface area contributed by atoms with E-state index in [1.165, 1.54) is 17.3 Å². The van der Waals surface area contributed by atoms with Gasteiger partial charge in [-0.15, -0.1) is 5.10 Å². The number of para-hydroxylation sites is 1. The standard InChI is InChI=1S/C25H25N5OS/c1-17-8-7-9-18(2)24(17)30-25(27-28-29-30)32-16-23(31)26-19(3)20-12-14-22(15-13-20)21-10-5-4-6-11-21/h4-15,19H,16H2,1-3H3,(H,26,31)/t19-/m1/s1. The molecular formula is C25H25N5OS. The number of aromatic nitrogens is 4. The molecule has 1 amide bonds. The van der Waals surface area contributed by atoms with Gasteiger partial charge in [0.15, 0.2) is 0 Å². The Balaban J connectivity index is 1.37. The Kier molecular flexibility index (Phi) is 6.66. The number of rotatable bonds is 7. The molecule has 0 radical (unpaired) electrons. The Labute approximate surface area is 192 Å². The molecule has 1 N–H and O–H groups in total. The first kappa shape index (κ1) is 21.8. The SMILES string of the molecule is Cc1cccc(C)c1-n1nnnc1SCC(=O)N[C@H](C)c1ccc(-c2ccccc2)cc1. The van der Waals surface area contributed by atoms with E-state index in [1.54, 1.807) is 4.68 Å². The molecule has 0 saturated heterocycles. The highest BCUT2D eigenvalue weighted by Crippen LogP contribution is 2.24. The van der Waals surface area contributed by atoms with Crippen molar-refractivity contribution in [3.8, 4) is 16.8 Å². The van der Waals surface area contributed by atoms with Crippen LogP contribution in [0.3, 0.4) is 0 Å². The maximum atomic E-state index is 12.6. The van der Waals surface area contributed by atoms with Crippen molar-refractivity contribution in [3.05, 3.63) is 89.5 Å². The molecule has 0 aliphatic carbocycles. The van der Waals surface area contributed by atoms with Gasteiger partial charge < -0.3 is 5.32 Å². The van der Waals surface area contributed by atoms with Gasteiger partial charge in [-0.25, -0.2) is 0 Å². The number of tetrazole rings is 1. The van der Waals surface area contributed by atoms with E-state index in [2.05, 4.69) is 57.2 Å². The zero-order valence-corrected chi connectivity index (χ0v) is 19.1. The van der Waals surface area contributed by atoms with Crippen LogP contribution in [0, 0.1) is 13.8 Å². The van der Waals surface area contributed by atoms with Crippen molar-refractivity contribution in [1.29, 1.82) is 0 Å².